The van der Waals surface area contributed by atoms with Gasteiger partial charge in [0.1, 0.15) is 6.61 Å². The molecular weight excluding hydrogens is 252 g/mol. The van der Waals surface area contributed by atoms with Crippen molar-refractivity contribution in [2.45, 2.75) is 71.8 Å². The van der Waals surface area contributed by atoms with Crippen molar-refractivity contribution in [3.05, 3.63) is 0 Å². The molecule has 4 nitrogen and oxygen atoms in total. The summed E-state index contributed by atoms with van der Waals surface area (Å²) in [6.07, 6.45) is 8.77. The molecule has 120 valence electrons. The standard InChI is InChI=1S/C16H34N2O2/c1-4-11-17-12-9-7-5-6-8-10-13-18-16(19)14-20-15(2)3/h15,17H,4-14H2,1-3H3,(H,18,19). The number of ether oxygens (including phenoxy) is 1. The van der Waals surface area contributed by atoms with Gasteiger partial charge in [0.2, 0.25) is 5.91 Å². The van der Waals surface area contributed by atoms with E-state index in [1.54, 1.807) is 0 Å². The van der Waals surface area contributed by atoms with Gasteiger partial charge in [-0.15, -0.1) is 0 Å². The maximum atomic E-state index is 11.4. The van der Waals surface area contributed by atoms with Crippen LogP contribution in [-0.4, -0.2) is 38.3 Å². The van der Waals surface area contributed by atoms with Crippen LogP contribution in [0.4, 0.5) is 0 Å². The molecule has 4 heteroatoms. The Morgan fingerprint density at radius 1 is 0.950 bits per heavy atom. The largest absolute Gasteiger partial charge is 0.369 e. The van der Waals surface area contributed by atoms with Crippen LogP contribution in [0.3, 0.4) is 0 Å². The number of hydrogen-bond donors (Lipinski definition) is 2. The Bertz CT molecular complexity index is 221. The zero-order valence-electron chi connectivity index (χ0n) is 13.7. The summed E-state index contributed by atoms with van der Waals surface area (Å²) in [4.78, 5) is 11.4. The fourth-order valence-corrected chi connectivity index (χ4v) is 1.91. The normalized spacial score (nSPS) is 11.0. The van der Waals surface area contributed by atoms with E-state index in [1.807, 2.05) is 13.8 Å². The lowest BCUT2D eigenvalue weighted by Gasteiger charge is -2.08. The molecule has 0 saturated heterocycles. The number of hydrogen-bond acceptors (Lipinski definition) is 3. The first kappa shape index (κ1) is 19.4. The molecule has 0 atom stereocenters. The van der Waals surface area contributed by atoms with Crippen LogP contribution in [0.2, 0.25) is 0 Å². The highest BCUT2D eigenvalue weighted by atomic mass is 16.5. The van der Waals surface area contributed by atoms with E-state index in [9.17, 15) is 4.79 Å². The maximum Gasteiger partial charge on any atom is 0.246 e. The lowest BCUT2D eigenvalue weighted by molar-refractivity contribution is -0.127. The first-order chi connectivity index (χ1) is 9.66. The molecule has 20 heavy (non-hydrogen) atoms. The van der Waals surface area contributed by atoms with Gasteiger partial charge in [0, 0.05) is 6.54 Å². The third-order valence-electron chi connectivity index (χ3n) is 3.08. The highest BCUT2D eigenvalue weighted by Crippen LogP contribution is 2.04. The van der Waals surface area contributed by atoms with Crippen LogP contribution in [0, 0.1) is 0 Å². The minimum Gasteiger partial charge on any atom is -0.369 e. The number of rotatable bonds is 14. The summed E-state index contributed by atoms with van der Waals surface area (Å²) in [6, 6.07) is 0. The van der Waals surface area contributed by atoms with Crippen molar-refractivity contribution in [3.63, 3.8) is 0 Å². The molecular formula is C16H34N2O2. The van der Waals surface area contributed by atoms with Crippen LogP contribution < -0.4 is 10.6 Å². The fourth-order valence-electron chi connectivity index (χ4n) is 1.91. The van der Waals surface area contributed by atoms with Gasteiger partial charge < -0.3 is 15.4 Å². The molecule has 0 unspecified atom stereocenters. The molecule has 0 fully saturated rings. The van der Waals surface area contributed by atoms with Gasteiger partial charge in [-0.25, -0.2) is 0 Å². The van der Waals surface area contributed by atoms with E-state index in [2.05, 4.69) is 17.6 Å². The summed E-state index contributed by atoms with van der Waals surface area (Å²) in [5.74, 6) is 0.000647. The maximum absolute atomic E-state index is 11.4. The van der Waals surface area contributed by atoms with Crippen LogP contribution in [0.25, 0.3) is 0 Å². The average Bonchev–Trinajstić information content (AvgIpc) is 2.42. The Morgan fingerprint density at radius 3 is 2.15 bits per heavy atom. The van der Waals surface area contributed by atoms with E-state index in [-0.39, 0.29) is 18.6 Å². The van der Waals surface area contributed by atoms with Crippen LogP contribution in [0.1, 0.15) is 65.7 Å². The molecule has 1 amide bonds. The third-order valence-corrected chi connectivity index (χ3v) is 3.08. The highest BCUT2D eigenvalue weighted by molar-refractivity contribution is 5.77. The van der Waals surface area contributed by atoms with Crippen molar-refractivity contribution in [1.82, 2.24) is 10.6 Å². The predicted octanol–water partition coefficient (Wildman–Crippen LogP) is 2.87. The van der Waals surface area contributed by atoms with Gasteiger partial charge in [-0.1, -0.05) is 32.6 Å². The summed E-state index contributed by atoms with van der Waals surface area (Å²) < 4.78 is 5.24. The van der Waals surface area contributed by atoms with Crippen LogP contribution in [0.15, 0.2) is 0 Å². The Morgan fingerprint density at radius 2 is 1.55 bits per heavy atom. The van der Waals surface area contributed by atoms with Crippen molar-refractivity contribution < 1.29 is 9.53 Å². The first-order valence-electron chi connectivity index (χ1n) is 8.25. The minimum atomic E-state index is 0.000647. The monoisotopic (exact) mass is 286 g/mol. The molecule has 0 aliphatic carbocycles. The lowest BCUT2D eigenvalue weighted by atomic mass is 10.1. The van der Waals surface area contributed by atoms with Gasteiger partial charge in [-0.2, -0.15) is 0 Å². The summed E-state index contributed by atoms with van der Waals surface area (Å²) in [7, 11) is 0. The molecule has 0 radical (unpaired) electrons. The molecule has 0 aliphatic rings. The average molecular weight is 286 g/mol. The van der Waals surface area contributed by atoms with Crippen molar-refractivity contribution >= 4 is 5.91 Å². The summed E-state index contributed by atoms with van der Waals surface area (Å²) in [5, 5.41) is 6.31. The van der Waals surface area contributed by atoms with Crippen LogP contribution in [0.5, 0.6) is 0 Å². The minimum absolute atomic E-state index is 0.000647. The number of unbranched alkanes of at least 4 members (excludes halogenated alkanes) is 5. The predicted molar refractivity (Wildman–Crippen MR) is 85.0 cm³/mol. The molecule has 0 rings (SSSR count). The molecule has 0 aromatic rings. The lowest BCUT2D eigenvalue weighted by Crippen LogP contribution is -2.29. The summed E-state index contributed by atoms with van der Waals surface area (Å²) in [6.45, 7) is 9.32. The second kappa shape index (κ2) is 14.8. The van der Waals surface area contributed by atoms with Gasteiger partial charge in [0.05, 0.1) is 6.10 Å². The second-order valence-corrected chi connectivity index (χ2v) is 5.58. The smallest absolute Gasteiger partial charge is 0.246 e. The molecule has 0 aliphatic heterocycles. The number of carbonyl (C=O) groups excluding carboxylic acids is 1. The zero-order chi connectivity index (χ0) is 15.1. The van der Waals surface area contributed by atoms with E-state index in [0.29, 0.717) is 0 Å². The van der Waals surface area contributed by atoms with Gasteiger partial charge in [0.25, 0.3) is 0 Å². The van der Waals surface area contributed by atoms with E-state index in [0.717, 1.165) is 26.1 Å². The molecule has 0 heterocycles. The van der Waals surface area contributed by atoms with Gasteiger partial charge in [-0.05, 0) is 46.2 Å². The Balaban J connectivity index is 3.11. The topological polar surface area (TPSA) is 50.4 Å². The van der Waals surface area contributed by atoms with Crippen molar-refractivity contribution in [1.29, 1.82) is 0 Å². The van der Waals surface area contributed by atoms with Crippen molar-refractivity contribution in [3.8, 4) is 0 Å². The van der Waals surface area contributed by atoms with Gasteiger partial charge in [-0.3, -0.25) is 4.79 Å². The molecule has 0 bridgehead atoms. The summed E-state index contributed by atoms with van der Waals surface area (Å²) in [5.41, 5.74) is 0. The third kappa shape index (κ3) is 15.4. The van der Waals surface area contributed by atoms with E-state index in [1.165, 1.54) is 38.5 Å². The molecule has 0 aromatic heterocycles. The Labute approximate surface area is 125 Å². The number of amides is 1. The highest BCUT2D eigenvalue weighted by Gasteiger charge is 2.01. The molecule has 0 saturated carbocycles. The van der Waals surface area contributed by atoms with Gasteiger partial charge >= 0.3 is 0 Å². The first-order valence-corrected chi connectivity index (χ1v) is 8.25. The Kier molecular flexibility index (Phi) is 14.3. The SMILES string of the molecule is CCCNCCCCCCCCNC(=O)COC(C)C. The van der Waals surface area contributed by atoms with Crippen LogP contribution in [-0.2, 0) is 9.53 Å². The summed E-state index contributed by atoms with van der Waals surface area (Å²) >= 11 is 0. The molecule has 0 spiro atoms. The molecule has 0 aromatic carbocycles. The second-order valence-electron chi connectivity index (χ2n) is 5.58. The van der Waals surface area contributed by atoms with E-state index in [4.69, 9.17) is 4.74 Å². The number of nitrogens with one attached hydrogen (secondary N) is 2. The van der Waals surface area contributed by atoms with Gasteiger partial charge in [0.15, 0.2) is 0 Å². The number of carbonyl (C=O) groups is 1. The van der Waals surface area contributed by atoms with Crippen molar-refractivity contribution in [2.75, 3.05) is 26.2 Å². The van der Waals surface area contributed by atoms with Crippen molar-refractivity contribution in [2.24, 2.45) is 0 Å². The van der Waals surface area contributed by atoms with Crippen LogP contribution >= 0.6 is 0 Å². The quantitative estimate of drug-likeness (QED) is 0.483. The Hall–Kier alpha value is -0.610. The fraction of sp³-hybridized carbons (Fsp3) is 0.938. The van der Waals surface area contributed by atoms with E-state index < -0.39 is 0 Å². The van der Waals surface area contributed by atoms with E-state index >= 15 is 0 Å². The zero-order valence-corrected chi connectivity index (χ0v) is 13.7. The molecule has 2 N–H and O–H groups in total.